The molecule has 0 aliphatic heterocycles. The van der Waals surface area contributed by atoms with Gasteiger partial charge in [-0.3, -0.25) is 4.79 Å². The van der Waals surface area contributed by atoms with Crippen LogP contribution in [0.3, 0.4) is 0 Å². The van der Waals surface area contributed by atoms with E-state index in [1.54, 1.807) is 18.2 Å². The lowest BCUT2D eigenvalue weighted by Crippen LogP contribution is -2.13. The van der Waals surface area contributed by atoms with Crippen LogP contribution in [0.25, 0.3) is 0 Å². The Morgan fingerprint density at radius 2 is 2.00 bits per heavy atom. The van der Waals surface area contributed by atoms with Crippen LogP contribution in [0.4, 0.5) is 11.5 Å². The van der Waals surface area contributed by atoms with Crippen molar-refractivity contribution in [2.24, 2.45) is 0 Å². The molecule has 0 unspecified atom stereocenters. The molecule has 6 heteroatoms. The summed E-state index contributed by atoms with van der Waals surface area (Å²) in [6, 6.07) is 8.98. The van der Waals surface area contributed by atoms with E-state index in [9.17, 15) is 4.79 Å². The number of benzene rings is 1. The minimum atomic E-state index is -0.204. The third-order valence-electron chi connectivity index (χ3n) is 2.20. The monoisotopic (exact) mass is 417 g/mol. The largest absolute Gasteiger partial charge is 0.397 e. The average molecular weight is 418 g/mol. The number of hydrogen-bond acceptors (Lipinski definition) is 3. The molecule has 0 saturated carbocycles. The number of aromatic nitrogens is 1. The van der Waals surface area contributed by atoms with Crippen molar-refractivity contribution in [1.82, 2.24) is 4.98 Å². The highest BCUT2D eigenvalue weighted by Crippen LogP contribution is 2.22. The molecule has 2 rings (SSSR count). The molecule has 0 spiro atoms. The molecule has 1 aromatic carbocycles. The van der Waals surface area contributed by atoms with Crippen molar-refractivity contribution in [3.8, 4) is 0 Å². The molecule has 4 nitrogen and oxygen atoms in total. The molecule has 1 aromatic heterocycles. The maximum absolute atomic E-state index is 12.0. The fraction of sp³-hybridized carbons (Fsp3) is 0. The van der Waals surface area contributed by atoms with Crippen molar-refractivity contribution >= 4 is 55.9 Å². The maximum atomic E-state index is 12.0. The van der Waals surface area contributed by atoms with Gasteiger partial charge in [0, 0.05) is 9.13 Å². The van der Waals surface area contributed by atoms with Crippen LogP contribution in [0.5, 0.6) is 0 Å². The summed E-state index contributed by atoms with van der Waals surface area (Å²) in [4.78, 5) is 16.0. The minimum Gasteiger partial charge on any atom is -0.397 e. The molecular formula is C12H9BrIN3O. The van der Waals surface area contributed by atoms with Gasteiger partial charge < -0.3 is 11.1 Å². The number of rotatable bonds is 2. The third kappa shape index (κ3) is 3.20. The van der Waals surface area contributed by atoms with Gasteiger partial charge in [0.25, 0.3) is 5.91 Å². The van der Waals surface area contributed by atoms with Gasteiger partial charge in [-0.1, -0.05) is 0 Å². The lowest BCUT2D eigenvalue weighted by Gasteiger charge is -2.07. The zero-order valence-electron chi connectivity index (χ0n) is 9.15. The molecule has 1 amide bonds. The van der Waals surface area contributed by atoms with Crippen molar-refractivity contribution in [3.05, 3.63) is 50.1 Å². The summed E-state index contributed by atoms with van der Waals surface area (Å²) in [6.07, 6.45) is 1.49. The molecule has 92 valence electrons. The summed E-state index contributed by atoms with van der Waals surface area (Å²) in [5.74, 6) is 0.247. The van der Waals surface area contributed by atoms with Crippen LogP contribution in [0.15, 0.2) is 41.0 Å². The SMILES string of the molecule is Nc1cnc(NC(=O)c2ccc(I)cc2)c(Br)c1. The van der Waals surface area contributed by atoms with Crippen molar-refractivity contribution in [1.29, 1.82) is 0 Å². The Labute approximate surface area is 126 Å². The van der Waals surface area contributed by atoms with Crippen LogP contribution in [-0.2, 0) is 0 Å². The minimum absolute atomic E-state index is 0.204. The highest BCUT2D eigenvalue weighted by molar-refractivity contribution is 14.1. The summed E-state index contributed by atoms with van der Waals surface area (Å²) < 4.78 is 1.73. The second-order valence-electron chi connectivity index (χ2n) is 3.56. The topological polar surface area (TPSA) is 68.0 Å². The molecule has 0 saturated heterocycles. The number of carbonyl (C=O) groups is 1. The highest BCUT2D eigenvalue weighted by atomic mass is 127. The molecule has 2 aromatic rings. The van der Waals surface area contributed by atoms with Gasteiger partial charge in [0.1, 0.15) is 5.82 Å². The number of nitrogens with zero attached hydrogens (tertiary/aromatic N) is 1. The van der Waals surface area contributed by atoms with E-state index in [0.717, 1.165) is 3.57 Å². The fourth-order valence-electron chi connectivity index (χ4n) is 1.33. The summed E-state index contributed by atoms with van der Waals surface area (Å²) in [5.41, 5.74) is 6.70. The Hall–Kier alpha value is -1.15. The summed E-state index contributed by atoms with van der Waals surface area (Å²) >= 11 is 5.49. The Kier molecular flexibility index (Phi) is 4.18. The molecule has 0 bridgehead atoms. The molecule has 0 aliphatic carbocycles. The number of nitrogens with one attached hydrogen (secondary N) is 1. The van der Waals surface area contributed by atoms with Crippen LogP contribution >= 0.6 is 38.5 Å². The smallest absolute Gasteiger partial charge is 0.256 e. The lowest BCUT2D eigenvalue weighted by molar-refractivity contribution is 0.102. The van der Waals surface area contributed by atoms with E-state index >= 15 is 0 Å². The van der Waals surface area contributed by atoms with Gasteiger partial charge in [0.15, 0.2) is 0 Å². The number of anilines is 2. The van der Waals surface area contributed by atoms with Crippen LogP contribution in [0.2, 0.25) is 0 Å². The molecular weight excluding hydrogens is 409 g/mol. The number of hydrogen-bond donors (Lipinski definition) is 2. The van der Waals surface area contributed by atoms with E-state index in [1.165, 1.54) is 6.20 Å². The van der Waals surface area contributed by atoms with Gasteiger partial charge in [-0.05, 0) is 68.9 Å². The van der Waals surface area contributed by atoms with Crippen LogP contribution in [-0.4, -0.2) is 10.9 Å². The van der Waals surface area contributed by atoms with Crippen molar-refractivity contribution in [2.75, 3.05) is 11.1 Å². The predicted octanol–water partition coefficient (Wildman–Crippen LogP) is 3.28. The molecule has 0 atom stereocenters. The molecule has 18 heavy (non-hydrogen) atoms. The molecule has 0 fully saturated rings. The standard InChI is InChI=1S/C12H9BrIN3O/c13-10-5-9(15)6-16-11(10)17-12(18)7-1-3-8(14)4-2-7/h1-6H,15H2,(H,16,17,18). The Morgan fingerprint density at radius 1 is 1.33 bits per heavy atom. The molecule has 0 radical (unpaired) electrons. The lowest BCUT2D eigenvalue weighted by atomic mass is 10.2. The quantitative estimate of drug-likeness (QED) is 0.736. The highest BCUT2D eigenvalue weighted by Gasteiger charge is 2.09. The number of nitrogen functional groups attached to an aromatic ring is 1. The first-order valence-electron chi connectivity index (χ1n) is 5.04. The van der Waals surface area contributed by atoms with Crippen molar-refractivity contribution in [2.45, 2.75) is 0 Å². The number of nitrogens with two attached hydrogens (primary N) is 1. The Bertz CT molecular complexity index is 586. The van der Waals surface area contributed by atoms with E-state index in [4.69, 9.17) is 5.73 Å². The van der Waals surface area contributed by atoms with Gasteiger partial charge in [0.05, 0.1) is 16.4 Å². The zero-order chi connectivity index (χ0) is 13.1. The van der Waals surface area contributed by atoms with Gasteiger partial charge in [0.2, 0.25) is 0 Å². The summed E-state index contributed by atoms with van der Waals surface area (Å²) in [5, 5.41) is 2.72. The van der Waals surface area contributed by atoms with Crippen molar-refractivity contribution in [3.63, 3.8) is 0 Å². The number of halogens is 2. The van der Waals surface area contributed by atoms with Crippen molar-refractivity contribution < 1.29 is 4.79 Å². The number of pyridine rings is 1. The predicted molar refractivity (Wildman–Crippen MR) is 83.5 cm³/mol. The van der Waals surface area contributed by atoms with Gasteiger partial charge in [-0.15, -0.1) is 0 Å². The fourth-order valence-corrected chi connectivity index (χ4v) is 2.15. The Morgan fingerprint density at radius 3 is 2.61 bits per heavy atom. The molecule has 1 heterocycles. The second-order valence-corrected chi connectivity index (χ2v) is 5.66. The van der Waals surface area contributed by atoms with E-state index in [2.05, 4.69) is 48.8 Å². The average Bonchev–Trinajstić information content (AvgIpc) is 2.33. The van der Waals surface area contributed by atoms with Crippen LogP contribution in [0, 0.1) is 3.57 Å². The van der Waals surface area contributed by atoms with E-state index in [1.807, 2.05) is 12.1 Å². The van der Waals surface area contributed by atoms with Gasteiger partial charge in [-0.25, -0.2) is 4.98 Å². The zero-order valence-corrected chi connectivity index (χ0v) is 12.9. The van der Waals surface area contributed by atoms with E-state index < -0.39 is 0 Å². The molecule has 3 N–H and O–H groups in total. The van der Waals surface area contributed by atoms with E-state index in [-0.39, 0.29) is 5.91 Å². The van der Waals surface area contributed by atoms with Crippen LogP contribution in [0.1, 0.15) is 10.4 Å². The normalized spacial score (nSPS) is 10.1. The number of carbonyl (C=O) groups excluding carboxylic acids is 1. The number of amides is 1. The first-order valence-corrected chi connectivity index (χ1v) is 6.91. The summed E-state index contributed by atoms with van der Waals surface area (Å²) in [6.45, 7) is 0. The van der Waals surface area contributed by atoms with Gasteiger partial charge in [-0.2, -0.15) is 0 Å². The maximum Gasteiger partial charge on any atom is 0.256 e. The van der Waals surface area contributed by atoms with E-state index in [0.29, 0.717) is 21.5 Å². The Balaban J connectivity index is 2.18. The first-order chi connectivity index (χ1) is 8.56. The summed E-state index contributed by atoms with van der Waals surface area (Å²) in [7, 11) is 0. The molecule has 0 aliphatic rings. The van der Waals surface area contributed by atoms with Crippen LogP contribution < -0.4 is 11.1 Å². The first kappa shape index (κ1) is 13.3. The second kappa shape index (κ2) is 5.66. The third-order valence-corrected chi connectivity index (χ3v) is 3.52. The van der Waals surface area contributed by atoms with Gasteiger partial charge >= 0.3 is 0 Å².